The molecule has 0 spiro atoms. The molecule has 0 aromatic rings. The Hall–Kier alpha value is -0.120. The van der Waals surface area contributed by atoms with Crippen LogP contribution in [0, 0.1) is 0 Å². The van der Waals surface area contributed by atoms with Crippen molar-refractivity contribution in [3.05, 3.63) is 0 Å². The minimum atomic E-state index is 0.0828. The molecule has 15 heavy (non-hydrogen) atoms. The minimum absolute atomic E-state index is 0.0828. The van der Waals surface area contributed by atoms with Gasteiger partial charge in [-0.05, 0) is 40.0 Å². The SMILES string of the molecule is CC1(NCC2CCC(C)(C)O2)CCOC1. The molecular weight excluding hydrogens is 190 g/mol. The van der Waals surface area contributed by atoms with Crippen LogP contribution in [0.25, 0.3) is 0 Å². The smallest absolute Gasteiger partial charge is 0.0708 e. The molecule has 2 atom stereocenters. The van der Waals surface area contributed by atoms with Gasteiger partial charge < -0.3 is 14.8 Å². The Morgan fingerprint density at radius 2 is 2.07 bits per heavy atom. The van der Waals surface area contributed by atoms with Crippen LogP contribution < -0.4 is 5.32 Å². The molecule has 3 nitrogen and oxygen atoms in total. The highest BCUT2D eigenvalue weighted by Gasteiger charge is 2.34. The lowest BCUT2D eigenvalue weighted by Gasteiger charge is -2.26. The molecule has 2 fully saturated rings. The Kier molecular flexibility index (Phi) is 3.06. The van der Waals surface area contributed by atoms with E-state index in [1.807, 2.05) is 0 Å². The van der Waals surface area contributed by atoms with Crippen molar-refractivity contribution in [3.8, 4) is 0 Å². The van der Waals surface area contributed by atoms with Crippen molar-refractivity contribution >= 4 is 0 Å². The van der Waals surface area contributed by atoms with Crippen molar-refractivity contribution in [1.82, 2.24) is 5.32 Å². The van der Waals surface area contributed by atoms with E-state index in [9.17, 15) is 0 Å². The molecule has 0 amide bonds. The second kappa shape index (κ2) is 4.04. The number of hydrogen-bond acceptors (Lipinski definition) is 3. The third-order valence-electron chi connectivity index (χ3n) is 3.53. The van der Waals surface area contributed by atoms with Gasteiger partial charge in [0.1, 0.15) is 0 Å². The molecule has 0 radical (unpaired) electrons. The molecule has 2 aliphatic heterocycles. The second-order valence-corrected chi connectivity index (χ2v) is 5.78. The summed E-state index contributed by atoms with van der Waals surface area (Å²) in [7, 11) is 0. The van der Waals surface area contributed by atoms with E-state index in [0.717, 1.165) is 26.2 Å². The van der Waals surface area contributed by atoms with E-state index in [1.165, 1.54) is 12.8 Å². The monoisotopic (exact) mass is 213 g/mol. The van der Waals surface area contributed by atoms with Crippen LogP contribution in [0.1, 0.15) is 40.0 Å². The molecule has 0 bridgehead atoms. The van der Waals surface area contributed by atoms with E-state index in [0.29, 0.717) is 6.10 Å². The number of nitrogens with one attached hydrogen (secondary N) is 1. The molecule has 88 valence electrons. The van der Waals surface area contributed by atoms with Crippen LogP contribution in [0.2, 0.25) is 0 Å². The summed E-state index contributed by atoms with van der Waals surface area (Å²) < 4.78 is 11.4. The van der Waals surface area contributed by atoms with Crippen molar-refractivity contribution < 1.29 is 9.47 Å². The molecule has 2 rings (SSSR count). The molecule has 0 saturated carbocycles. The van der Waals surface area contributed by atoms with E-state index < -0.39 is 0 Å². The zero-order valence-electron chi connectivity index (χ0n) is 10.1. The third-order valence-corrected chi connectivity index (χ3v) is 3.53. The number of hydrogen-bond donors (Lipinski definition) is 1. The van der Waals surface area contributed by atoms with Crippen LogP contribution in [-0.4, -0.2) is 37.0 Å². The number of rotatable bonds is 3. The maximum atomic E-state index is 5.95. The third kappa shape index (κ3) is 2.92. The van der Waals surface area contributed by atoms with Crippen LogP contribution in [0.15, 0.2) is 0 Å². The minimum Gasteiger partial charge on any atom is -0.379 e. The quantitative estimate of drug-likeness (QED) is 0.774. The average molecular weight is 213 g/mol. The Morgan fingerprint density at radius 3 is 2.60 bits per heavy atom. The van der Waals surface area contributed by atoms with Crippen molar-refractivity contribution in [3.63, 3.8) is 0 Å². The van der Waals surface area contributed by atoms with Gasteiger partial charge in [0, 0.05) is 18.7 Å². The fourth-order valence-corrected chi connectivity index (χ4v) is 2.39. The molecule has 1 N–H and O–H groups in total. The lowest BCUT2D eigenvalue weighted by Crippen LogP contribution is -2.46. The van der Waals surface area contributed by atoms with Crippen molar-refractivity contribution in [2.24, 2.45) is 0 Å². The molecule has 2 saturated heterocycles. The molecule has 2 unspecified atom stereocenters. The molecule has 0 aromatic carbocycles. The maximum Gasteiger partial charge on any atom is 0.0708 e. The Balaban J connectivity index is 1.74. The fraction of sp³-hybridized carbons (Fsp3) is 1.00. The molecule has 0 aliphatic carbocycles. The Bertz CT molecular complexity index is 222. The highest BCUT2D eigenvalue weighted by atomic mass is 16.5. The van der Waals surface area contributed by atoms with Crippen LogP contribution >= 0.6 is 0 Å². The molecular formula is C12H23NO2. The summed E-state index contributed by atoms with van der Waals surface area (Å²) in [6, 6.07) is 0. The summed E-state index contributed by atoms with van der Waals surface area (Å²) in [5.74, 6) is 0. The van der Waals surface area contributed by atoms with Gasteiger partial charge in [-0.15, -0.1) is 0 Å². The van der Waals surface area contributed by atoms with Crippen LogP contribution in [0.5, 0.6) is 0 Å². The largest absolute Gasteiger partial charge is 0.379 e. The van der Waals surface area contributed by atoms with E-state index in [2.05, 4.69) is 26.1 Å². The van der Waals surface area contributed by atoms with Gasteiger partial charge in [0.15, 0.2) is 0 Å². The summed E-state index contributed by atoms with van der Waals surface area (Å²) in [5, 5.41) is 3.59. The van der Waals surface area contributed by atoms with E-state index in [1.54, 1.807) is 0 Å². The lowest BCUT2D eigenvalue weighted by molar-refractivity contribution is -0.0170. The standard InChI is InChI=1S/C12H23NO2/c1-11(2)5-4-10(15-11)8-13-12(3)6-7-14-9-12/h10,13H,4-9H2,1-3H3. The summed E-state index contributed by atoms with van der Waals surface area (Å²) in [4.78, 5) is 0. The van der Waals surface area contributed by atoms with Gasteiger partial charge in [-0.2, -0.15) is 0 Å². The van der Waals surface area contributed by atoms with Crippen LogP contribution in [0.3, 0.4) is 0 Å². The fourth-order valence-electron chi connectivity index (χ4n) is 2.39. The zero-order chi connectivity index (χ0) is 10.9. The summed E-state index contributed by atoms with van der Waals surface area (Å²) >= 11 is 0. The molecule has 0 aromatic heterocycles. The molecule has 3 heteroatoms. The van der Waals surface area contributed by atoms with Gasteiger partial charge in [-0.25, -0.2) is 0 Å². The van der Waals surface area contributed by atoms with Crippen molar-refractivity contribution in [2.45, 2.75) is 57.3 Å². The van der Waals surface area contributed by atoms with Crippen molar-refractivity contribution in [2.75, 3.05) is 19.8 Å². The Labute approximate surface area is 92.5 Å². The first kappa shape index (κ1) is 11.4. The summed E-state index contributed by atoms with van der Waals surface area (Å²) in [5.41, 5.74) is 0.259. The van der Waals surface area contributed by atoms with E-state index in [-0.39, 0.29) is 11.1 Å². The molecule has 2 aliphatic rings. The van der Waals surface area contributed by atoms with Crippen molar-refractivity contribution in [1.29, 1.82) is 0 Å². The predicted octanol–water partition coefficient (Wildman–Crippen LogP) is 1.71. The maximum absolute atomic E-state index is 5.95. The van der Waals surface area contributed by atoms with Gasteiger partial charge in [0.2, 0.25) is 0 Å². The highest BCUT2D eigenvalue weighted by molar-refractivity contribution is 4.89. The Morgan fingerprint density at radius 1 is 1.27 bits per heavy atom. The first-order chi connectivity index (χ1) is 6.99. The van der Waals surface area contributed by atoms with Crippen LogP contribution in [-0.2, 0) is 9.47 Å². The zero-order valence-corrected chi connectivity index (χ0v) is 10.1. The van der Waals surface area contributed by atoms with Gasteiger partial charge in [0.25, 0.3) is 0 Å². The first-order valence-electron chi connectivity index (χ1n) is 6.00. The lowest BCUT2D eigenvalue weighted by atomic mass is 10.0. The highest BCUT2D eigenvalue weighted by Crippen LogP contribution is 2.29. The van der Waals surface area contributed by atoms with Crippen LogP contribution in [0.4, 0.5) is 0 Å². The summed E-state index contributed by atoms with van der Waals surface area (Å²) in [6.45, 7) is 9.27. The second-order valence-electron chi connectivity index (χ2n) is 5.78. The predicted molar refractivity (Wildman–Crippen MR) is 60.0 cm³/mol. The van der Waals surface area contributed by atoms with E-state index in [4.69, 9.17) is 9.47 Å². The van der Waals surface area contributed by atoms with E-state index >= 15 is 0 Å². The van der Waals surface area contributed by atoms with Gasteiger partial charge in [0.05, 0.1) is 18.3 Å². The number of ether oxygens (including phenoxy) is 2. The normalized spacial score (nSPS) is 39.8. The van der Waals surface area contributed by atoms with Gasteiger partial charge in [-0.3, -0.25) is 0 Å². The van der Waals surface area contributed by atoms with Gasteiger partial charge in [-0.1, -0.05) is 0 Å². The topological polar surface area (TPSA) is 30.5 Å². The van der Waals surface area contributed by atoms with Gasteiger partial charge >= 0.3 is 0 Å². The first-order valence-corrected chi connectivity index (χ1v) is 6.00. The summed E-state index contributed by atoms with van der Waals surface area (Å²) in [6.07, 6.45) is 3.85. The average Bonchev–Trinajstić information content (AvgIpc) is 2.70. The molecule has 2 heterocycles.